The van der Waals surface area contributed by atoms with Gasteiger partial charge in [-0.1, -0.05) is 83.8 Å². The summed E-state index contributed by atoms with van der Waals surface area (Å²) in [6.07, 6.45) is -2.04. The van der Waals surface area contributed by atoms with E-state index in [4.69, 9.17) is 70.1 Å². The molecule has 0 radical (unpaired) electrons. The fourth-order valence-electron chi connectivity index (χ4n) is 8.89. The molecule has 22 heteroatoms. The Hall–Kier alpha value is -4.72. The number of benzene rings is 2. The van der Waals surface area contributed by atoms with E-state index in [1.807, 2.05) is 0 Å². The molecular weight excluding hydrogens is 900 g/mol. The highest BCUT2D eigenvalue weighted by molar-refractivity contribution is 6.42. The number of carbonyl (C=O) groups excluding carboxylic acids is 3. The minimum atomic E-state index is -2.78. The highest BCUT2D eigenvalue weighted by Gasteiger charge is 2.89. The molecule has 0 aromatic heterocycles. The molecule has 1 saturated heterocycles. The number of halogens is 6. The van der Waals surface area contributed by atoms with Gasteiger partial charge in [0.2, 0.25) is 11.3 Å². The number of hydrogen-bond donors (Lipinski definition) is 4. The summed E-state index contributed by atoms with van der Waals surface area (Å²) in [7, 11) is 0. The monoisotopic (exact) mass is 934 g/mol. The van der Waals surface area contributed by atoms with Gasteiger partial charge < -0.3 is 44.3 Å². The molecule has 16 nitrogen and oxygen atoms in total. The number of alkyl halides is 2. The van der Waals surface area contributed by atoms with Crippen LogP contribution in [-0.2, 0) is 56.1 Å². The number of alkyl carbamates (subject to hydrolysis) is 1. The number of cyclic esters (lactones) is 1. The number of carbonyl (C=O) groups is 6. The summed E-state index contributed by atoms with van der Waals surface area (Å²) < 4.78 is 56.7. The van der Waals surface area contributed by atoms with Crippen LogP contribution in [0.1, 0.15) is 24.0 Å². The fraction of sp³-hybridized carbons (Fsp3) is 0.436. The summed E-state index contributed by atoms with van der Waals surface area (Å²) >= 11 is 23.7. The van der Waals surface area contributed by atoms with Crippen LogP contribution in [0.15, 0.2) is 61.7 Å². The number of carboxylic acids is 3. The molecule has 7 rings (SSSR count). The number of nitrogens with zero attached hydrogens (tertiary/aromatic N) is 1. The van der Waals surface area contributed by atoms with Crippen molar-refractivity contribution in [1.82, 2.24) is 10.2 Å². The molecule has 1 heterocycles. The lowest BCUT2D eigenvalue weighted by Crippen LogP contribution is -2.64. The summed E-state index contributed by atoms with van der Waals surface area (Å²) in [5.74, 6) is -11.0. The second kappa shape index (κ2) is 17.2. The zero-order chi connectivity index (χ0) is 44.8. The van der Waals surface area contributed by atoms with Crippen molar-refractivity contribution in [2.45, 2.75) is 60.7 Å². The molecule has 1 aliphatic heterocycles. The van der Waals surface area contributed by atoms with Gasteiger partial charge in [0.05, 0.1) is 45.5 Å². The fourth-order valence-corrected chi connectivity index (χ4v) is 9.53. The minimum absolute atomic E-state index is 0.0298. The maximum absolute atomic E-state index is 15.2. The third kappa shape index (κ3) is 7.64. The zero-order valence-corrected chi connectivity index (χ0v) is 34.5. The molecule has 5 fully saturated rings. The van der Waals surface area contributed by atoms with Crippen molar-refractivity contribution in [3.63, 3.8) is 0 Å². The van der Waals surface area contributed by atoms with Crippen LogP contribution in [0.5, 0.6) is 0 Å². The number of fused-ring (bicyclic) bond motifs is 3. The molecule has 0 bridgehead atoms. The first-order valence-corrected chi connectivity index (χ1v) is 19.8. The lowest BCUT2D eigenvalue weighted by Gasteiger charge is -2.37. The molecule has 2 amide bonds. The normalized spacial score (nSPS) is 32.4. The molecule has 328 valence electrons. The van der Waals surface area contributed by atoms with Gasteiger partial charge in [-0.25, -0.2) is 37.5 Å². The second-order valence-corrected chi connectivity index (χ2v) is 16.4. The number of esters is 1. The predicted octanol–water partition coefficient (Wildman–Crippen LogP) is 6.26. The Bertz CT molecular complexity index is 2190. The van der Waals surface area contributed by atoms with Gasteiger partial charge in [-0.3, -0.25) is 4.90 Å². The van der Waals surface area contributed by atoms with Crippen LogP contribution in [0.4, 0.5) is 18.4 Å². The van der Waals surface area contributed by atoms with Crippen molar-refractivity contribution in [3.05, 3.63) is 92.9 Å². The number of carboxylic acid groups (broad SMARTS) is 3. The van der Waals surface area contributed by atoms with Crippen LogP contribution in [0.3, 0.4) is 0 Å². The summed E-state index contributed by atoms with van der Waals surface area (Å²) in [4.78, 5) is 73.8. The smallest absolute Gasteiger partial charge is 0.413 e. The number of hydrogen-bond acceptors (Lipinski definition) is 11. The highest BCUT2D eigenvalue weighted by Crippen LogP contribution is 2.71. The van der Waals surface area contributed by atoms with Crippen molar-refractivity contribution in [2.24, 2.45) is 23.7 Å². The molecule has 2 aromatic carbocycles. The average Bonchev–Trinajstić information content (AvgIpc) is 3.75. The third-order valence-corrected chi connectivity index (χ3v) is 13.1. The van der Waals surface area contributed by atoms with E-state index in [1.165, 1.54) is 24.3 Å². The lowest BCUT2D eigenvalue weighted by molar-refractivity contribution is -0.159. The first kappa shape index (κ1) is 45.8. The van der Waals surface area contributed by atoms with Crippen LogP contribution in [0, 0.1) is 23.7 Å². The van der Waals surface area contributed by atoms with Gasteiger partial charge in [0.15, 0.2) is 17.8 Å². The lowest BCUT2D eigenvalue weighted by atomic mass is 9.86. The molecule has 4 aliphatic carbocycles. The van der Waals surface area contributed by atoms with Gasteiger partial charge in [-0.2, -0.15) is 0 Å². The predicted molar refractivity (Wildman–Crippen MR) is 208 cm³/mol. The molecular formula is C39H36Cl4F2N2O14. The van der Waals surface area contributed by atoms with Crippen molar-refractivity contribution in [2.75, 3.05) is 19.9 Å². The van der Waals surface area contributed by atoms with E-state index in [1.54, 1.807) is 24.3 Å². The maximum Gasteiger partial charge on any atom is 0.413 e. The van der Waals surface area contributed by atoms with Crippen molar-refractivity contribution >= 4 is 82.5 Å². The summed E-state index contributed by atoms with van der Waals surface area (Å²) in [5, 5.41) is 32.0. The van der Waals surface area contributed by atoms with Crippen molar-refractivity contribution in [3.8, 4) is 0 Å². The average molecular weight is 937 g/mol. The van der Waals surface area contributed by atoms with E-state index in [0.29, 0.717) is 26.2 Å². The van der Waals surface area contributed by atoms with E-state index in [2.05, 4.69) is 18.5 Å². The van der Waals surface area contributed by atoms with Crippen LogP contribution in [0.2, 0.25) is 20.1 Å². The first-order chi connectivity index (χ1) is 28.8. The molecule has 0 unspecified atom stereocenters. The Morgan fingerprint density at radius 1 is 0.770 bits per heavy atom. The van der Waals surface area contributed by atoms with E-state index >= 15 is 4.39 Å². The summed E-state index contributed by atoms with van der Waals surface area (Å²) in [6, 6.07) is 9.47. The van der Waals surface area contributed by atoms with Gasteiger partial charge in [0.1, 0.15) is 13.2 Å². The van der Waals surface area contributed by atoms with Gasteiger partial charge in [0, 0.05) is 23.7 Å². The SMILES string of the molecule is C=CCOC(=O)N1COC(=O)[C@@]12[C@H](OCc1ccc(Cl)c(Cl)c1)C[C@@H]1[C@H]2[C@@]1(F)C(=O)O.C=CCOC(=O)N[C@@]1(C(=O)O)[C@H](OCc2ccc(Cl)c(Cl)c2)C[C@@H]2[C@H]1[C@@]2(F)C(=O)O. The standard InChI is InChI=1S/C20H18Cl2FNO7.C19H18Cl2FNO7/c1-2-5-29-18(28)24-9-31-17(27)20(24)14(7-11-15(20)19(11,23)16(25)26)30-8-10-3-4-12(21)13(22)6-10;1-2-5-29-17(28)23-19(16(26)27)13(7-10-14(19)18(10,22)15(24)25)30-8-9-3-4-11(20)12(21)6-9/h2-4,6,11,14-15H,1,5,7-9H2,(H,25,26);2-4,6,10,13-14H,1,5,7-8H2,(H,23,28)(H,24,25)(H,26,27)/t11-,14-,15+,19-,20+;10-,13-,14+,18-,19+/m11/s1. The van der Waals surface area contributed by atoms with Gasteiger partial charge in [0.25, 0.3) is 0 Å². The van der Waals surface area contributed by atoms with Crippen LogP contribution < -0.4 is 5.32 Å². The Kier molecular flexibility index (Phi) is 12.9. The molecule has 10 atom stereocenters. The zero-order valence-electron chi connectivity index (χ0n) is 31.5. The first-order valence-electron chi connectivity index (χ1n) is 18.2. The minimum Gasteiger partial charge on any atom is -0.479 e. The van der Waals surface area contributed by atoms with Crippen LogP contribution >= 0.6 is 46.4 Å². The Balaban J connectivity index is 0.000000204. The molecule has 2 aromatic rings. The number of ether oxygens (including phenoxy) is 5. The van der Waals surface area contributed by atoms with Gasteiger partial charge in [-0.05, 0) is 48.2 Å². The summed E-state index contributed by atoms with van der Waals surface area (Å²) in [5.41, 5.74) is -8.54. The highest BCUT2D eigenvalue weighted by atomic mass is 35.5. The quantitative estimate of drug-likeness (QED) is 0.0933. The number of nitrogens with one attached hydrogen (secondary N) is 1. The second-order valence-electron chi connectivity index (χ2n) is 14.7. The topological polar surface area (TPSA) is 225 Å². The maximum atomic E-state index is 15.2. The van der Waals surface area contributed by atoms with Crippen molar-refractivity contribution in [1.29, 1.82) is 0 Å². The van der Waals surface area contributed by atoms with Gasteiger partial charge in [-0.15, -0.1) is 0 Å². The van der Waals surface area contributed by atoms with Crippen molar-refractivity contribution < 1.29 is 76.6 Å². The van der Waals surface area contributed by atoms with E-state index in [9.17, 15) is 48.5 Å². The van der Waals surface area contributed by atoms with Gasteiger partial charge >= 0.3 is 36.1 Å². The molecule has 4 saturated carbocycles. The number of aliphatic carboxylic acids is 3. The van der Waals surface area contributed by atoms with Crippen LogP contribution in [-0.4, -0.2) is 111 Å². The van der Waals surface area contributed by atoms with E-state index in [-0.39, 0.29) is 44.3 Å². The number of rotatable bonds is 14. The molecule has 61 heavy (non-hydrogen) atoms. The molecule has 5 aliphatic rings. The van der Waals surface area contributed by atoms with E-state index in [0.717, 1.165) is 4.90 Å². The molecule has 4 N–H and O–H groups in total. The Labute approximate surface area is 365 Å². The third-order valence-electron chi connectivity index (χ3n) is 11.6. The number of amides is 2. The Morgan fingerprint density at radius 3 is 1.77 bits per heavy atom. The summed E-state index contributed by atoms with van der Waals surface area (Å²) in [6.45, 7) is 5.80. The van der Waals surface area contributed by atoms with E-state index < -0.39 is 101 Å². The Morgan fingerprint density at radius 2 is 1.26 bits per heavy atom. The molecule has 1 spiro atoms. The largest absolute Gasteiger partial charge is 0.479 e. The van der Waals surface area contributed by atoms with Crippen LogP contribution in [0.25, 0.3) is 0 Å².